The number of esters is 1. The molecule has 1 saturated heterocycles. The van der Waals surface area contributed by atoms with Crippen LogP contribution in [-0.4, -0.2) is 52.9 Å². The normalized spacial score (nSPS) is 15.5. The highest BCUT2D eigenvalue weighted by atomic mass is 127. The molecule has 31 heavy (non-hydrogen) atoms. The molecule has 0 aliphatic carbocycles. The number of likely N-dealkylation sites (tertiary alicyclic amines) is 1. The molecular formula is C23H36IN3O4. The maximum Gasteiger partial charge on any atom is 0.410 e. The van der Waals surface area contributed by atoms with E-state index in [1.807, 2.05) is 52.8 Å². The number of amides is 1. The summed E-state index contributed by atoms with van der Waals surface area (Å²) in [4.78, 5) is 26.4. The smallest absolute Gasteiger partial charge is 0.410 e. The Kier molecular flexibility index (Phi) is 9.00. The van der Waals surface area contributed by atoms with Crippen molar-refractivity contribution < 1.29 is 19.1 Å². The molecule has 0 atom stereocenters. The molecule has 1 fully saturated rings. The van der Waals surface area contributed by atoms with E-state index in [2.05, 4.69) is 33.2 Å². The third kappa shape index (κ3) is 8.84. The summed E-state index contributed by atoms with van der Waals surface area (Å²) in [6.45, 7) is 12.4. The Labute approximate surface area is 199 Å². The Morgan fingerprint density at radius 1 is 1.13 bits per heavy atom. The number of nitrogens with one attached hydrogen (secondary N) is 2. The lowest BCUT2D eigenvalue weighted by molar-refractivity contribution is 0.0183. The molecule has 174 valence electrons. The van der Waals surface area contributed by atoms with E-state index in [0.717, 1.165) is 43.7 Å². The third-order valence-corrected chi connectivity index (χ3v) is 5.16. The first kappa shape index (κ1) is 25.7. The van der Waals surface area contributed by atoms with Gasteiger partial charge in [0.2, 0.25) is 0 Å². The first-order valence-corrected chi connectivity index (χ1v) is 11.9. The number of carbonyl (C=O) groups excluding carboxylic acids is 2. The van der Waals surface area contributed by atoms with Crippen molar-refractivity contribution in [3.8, 4) is 0 Å². The summed E-state index contributed by atoms with van der Waals surface area (Å²) >= 11 is 2.10. The molecule has 0 aromatic heterocycles. The number of halogens is 1. The molecule has 0 saturated carbocycles. The maximum absolute atomic E-state index is 12.4. The minimum atomic E-state index is -0.556. The van der Waals surface area contributed by atoms with Gasteiger partial charge in [-0.05, 0) is 100 Å². The van der Waals surface area contributed by atoms with Gasteiger partial charge in [-0.15, -0.1) is 0 Å². The number of hydrogen-bond donors (Lipinski definition) is 2. The van der Waals surface area contributed by atoms with Crippen molar-refractivity contribution in [3.63, 3.8) is 0 Å². The lowest BCUT2D eigenvalue weighted by Gasteiger charge is -2.33. The second-order valence-electron chi connectivity index (χ2n) is 9.42. The van der Waals surface area contributed by atoms with Gasteiger partial charge in [-0.25, -0.2) is 9.59 Å². The quantitative estimate of drug-likeness (QED) is 0.292. The molecule has 2 N–H and O–H groups in total. The molecule has 1 amide bonds. The third-order valence-electron chi connectivity index (χ3n) is 4.94. The average Bonchev–Trinajstić information content (AvgIpc) is 2.65. The van der Waals surface area contributed by atoms with E-state index in [1.54, 1.807) is 11.9 Å². The van der Waals surface area contributed by atoms with Crippen molar-refractivity contribution >= 4 is 40.3 Å². The minimum Gasteiger partial charge on any atom is -0.445 e. The minimum absolute atomic E-state index is 0.219. The summed E-state index contributed by atoms with van der Waals surface area (Å²) in [5, 5.41) is 6.61. The van der Waals surface area contributed by atoms with Crippen molar-refractivity contribution in [2.75, 3.05) is 32.0 Å². The van der Waals surface area contributed by atoms with Crippen molar-refractivity contribution in [1.82, 2.24) is 10.2 Å². The van der Waals surface area contributed by atoms with Crippen molar-refractivity contribution in [1.29, 1.82) is 0 Å². The molecule has 2 rings (SSSR count). The first-order chi connectivity index (χ1) is 14.4. The zero-order valence-electron chi connectivity index (χ0n) is 19.5. The summed E-state index contributed by atoms with van der Waals surface area (Å²) < 4.78 is 10.4. The predicted octanol–water partition coefficient (Wildman–Crippen LogP) is 4.79. The molecule has 1 aliphatic rings. The SMILES string of the molecule is CNc1cc(CNCC2CCN(C(=O)OC(C)(C)C)CC2)ccc1C(=O)OC(C)(C)I. The van der Waals surface area contributed by atoms with E-state index in [4.69, 9.17) is 9.47 Å². The van der Waals surface area contributed by atoms with Crippen LogP contribution >= 0.6 is 22.6 Å². The van der Waals surface area contributed by atoms with Gasteiger partial charge in [-0.3, -0.25) is 0 Å². The van der Waals surface area contributed by atoms with Crippen LogP contribution in [0.25, 0.3) is 0 Å². The Morgan fingerprint density at radius 2 is 1.77 bits per heavy atom. The Bertz CT molecular complexity index is 763. The number of hydrogen-bond acceptors (Lipinski definition) is 6. The van der Waals surface area contributed by atoms with Gasteiger partial charge in [0.25, 0.3) is 0 Å². The van der Waals surface area contributed by atoms with Gasteiger partial charge in [0, 0.05) is 32.4 Å². The molecule has 1 heterocycles. The fourth-order valence-corrected chi connectivity index (χ4v) is 3.63. The van der Waals surface area contributed by atoms with Crippen LogP contribution in [0.3, 0.4) is 0 Å². The molecule has 0 spiro atoms. The molecule has 1 aromatic rings. The highest BCUT2D eigenvalue weighted by Gasteiger charge is 2.26. The second kappa shape index (κ2) is 10.8. The van der Waals surface area contributed by atoms with Crippen LogP contribution < -0.4 is 10.6 Å². The lowest BCUT2D eigenvalue weighted by Crippen LogP contribution is -2.43. The van der Waals surface area contributed by atoms with Gasteiger partial charge in [0.1, 0.15) is 5.60 Å². The lowest BCUT2D eigenvalue weighted by atomic mass is 9.97. The second-order valence-corrected chi connectivity index (χ2v) is 12.0. The molecule has 1 aliphatic heterocycles. The Morgan fingerprint density at radius 3 is 2.32 bits per heavy atom. The monoisotopic (exact) mass is 545 g/mol. The molecule has 0 unspecified atom stereocenters. The summed E-state index contributed by atoms with van der Waals surface area (Å²) in [5.41, 5.74) is 1.93. The summed E-state index contributed by atoms with van der Waals surface area (Å²) in [7, 11) is 1.80. The van der Waals surface area contributed by atoms with Crippen LogP contribution in [0.5, 0.6) is 0 Å². The van der Waals surface area contributed by atoms with Crippen LogP contribution in [0.4, 0.5) is 10.5 Å². The van der Waals surface area contributed by atoms with Crippen LogP contribution in [0.1, 0.15) is 63.4 Å². The van der Waals surface area contributed by atoms with E-state index in [-0.39, 0.29) is 12.1 Å². The summed E-state index contributed by atoms with van der Waals surface area (Å²) in [6.07, 6.45) is 1.71. The number of ether oxygens (including phenoxy) is 2. The zero-order chi connectivity index (χ0) is 23.2. The molecular weight excluding hydrogens is 509 g/mol. The predicted molar refractivity (Wildman–Crippen MR) is 132 cm³/mol. The number of benzene rings is 1. The largest absolute Gasteiger partial charge is 0.445 e. The van der Waals surface area contributed by atoms with Crippen molar-refractivity contribution in [3.05, 3.63) is 29.3 Å². The average molecular weight is 545 g/mol. The summed E-state index contributed by atoms with van der Waals surface area (Å²) in [5.74, 6) is 0.197. The fraction of sp³-hybridized carbons (Fsp3) is 0.652. The van der Waals surface area contributed by atoms with E-state index in [0.29, 0.717) is 18.0 Å². The molecule has 7 nitrogen and oxygen atoms in total. The van der Waals surface area contributed by atoms with Crippen molar-refractivity contribution in [2.45, 2.75) is 63.2 Å². The Balaban J connectivity index is 1.81. The van der Waals surface area contributed by atoms with E-state index < -0.39 is 9.21 Å². The number of nitrogens with zero attached hydrogens (tertiary/aromatic N) is 1. The number of rotatable bonds is 7. The number of alkyl halides is 1. The standard InChI is InChI=1S/C23H36IN3O4/c1-22(2,3)31-21(29)27-11-9-16(10-12-27)14-26-15-17-7-8-18(19(13-17)25-6)20(28)30-23(4,5)24/h7-8,13,16,25-26H,9-12,14-15H2,1-6H3. The van der Waals surface area contributed by atoms with Gasteiger partial charge in [-0.2, -0.15) is 0 Å². The van der Waals surface area contributed by atoms with E-state index in [1.165, 1.54) is 0 Å². The van der Waals surface area contributed by atoms with Gasteiger partial charge < -0.3 is 25.0 Å². The van der Waals surface area contributed by atoms with Crippen LogP contribution in [0, 0.1) is 5.92 Å². The highest BCUT2D eigenvalue weighted by Crippen LogP contribution is 2.25. The molecule has 0 bridgehead atoms. The number of carbonyl (C=O) groups is 2. The number of anilines is 1. The first-order valence-electron chi connectivity index (χ1n) is 10.8. The van der Waals surface area contributed by atoms with Crippen LogP contribution in [-0.2, 0) is 16.0 Å². The van der Waals surface area contributed by atoms with Gasteiger partial charge in [-0.1, -0.05) is 6.07 Å². The van der Waals surface area contributed by atoms with Gasteiger partial charge in [0.05, 0.1) is 5.56 Å². The topological polar surface area (TPSA) is 79.9 Å². The maximum atomic E-state index is 12.4. The van der Waals surface area contributed by atoms with Gasteiger partial charge in [0.15, 0.2) is 3.61 Å². The highest BCUT2D eigenvalue weighted by molar-refractivity contribution is 14.1. The number of piperidine rings is 1. The molecule has 8 heteroatoms. The van der Waals surface area contributed by atoms with Crippen molar-refractivity contribution in [2.24, 2.45) is 5.92 Å². The van der Waals surface area contributed by atoms with E-state index in [9.17, 15) is 9.59 Å². The molecule has 0 radical (unpaired) electrons. The van der Waals surface area contributed by atoms with E-state index >= 15 is 0 Å². The summed E-state index contributed by atoms with van der Waals surface area (Å²) in [6, 6.07) is 5.75. The van der Waals surface area contributed by atoms with Crippen LogP contribution in [0.2, 0.25) is 0 Å². The molecule has 1 aromatic carbocycles. The Hall–Kier alpha value is -1.55. The van der Waals surface area contributed by atoms with Crippen LogP contribution in [0.15, 0.2) is 18.2 Å². The zero-order valence-corrected chi connectivity index (χ0v) is 21.7. The van der Waals surface area contributed by atoms with Gasteiger partial charge >= 0.3 is 12.1 Å². The fourth-order valence-electron chi connectivity index (χ4n) is 3.43.